The fourth-order valence-electron chi connectivity index (χ4n) is 7.52. The second kappa shape index (κ2) is 13.3. The maximum absolute atomic E-state index is 6.88. The fourth-order valence-corrected chi connectivity index (χ4v) is 8.91. The van der Waals surface area contributed by atoms with Crippen LogP contribution in [0.3, 0.4) is 0 Å². The van der Waals surface area contributed by atoms with E-state index in [4.69, 9.17) is 13.9 Å². The van der Waals surface area contributed by atoms with Crippen molar-refractivity contribution in [2.45, 2.75) is 144 Å². The zero-order valence-corrected chi connectivity index (χ0v) is 29.4. The first-order valence-electron chi connectivity index (χ1n) is 16.4. The van der Waals surface area contributed by atoms with E-state index in [0.717, 1.165) is 18.3 Å². The van der Waals surface area contributed by atoms with Crippen LogP contribution in [0.1, 0.15) is 114 Å². The van der Waals surface area contributed by atoms with Gasteiger partial charge in [-0.15, -0.1) is 0 Å². The summed E-state index contributed by atoms with van der Waals surface area (Å²) in [6.45, 7) is 26.3. The van der Waals surface area contributed by atoms with Crippen molar-refractivity contribution in [3.8, 4) is 0 Å². The smallest absolute Gasteiger partial charge is 0.192 e. The van der Waals surface area contributed by atoms with Crippen molar-refractivity contribution in [3.63, 3.8) is 0 Å². The lowest BCUT2D eigenvalue weighted by atomic mass is 9.61. The van der Waals surface area contributed by atoms with Crippen molar-refractivity contribution in [2.24, 2.45) is 35.0 Å². The molecule has 3 aliphatic rings. The van der Waals surface area contributed by atoms with E-state index >= 15 is 0 Å². The Morgan fingerprint density at radius 1 is 0.975 bits per heavy atom. The van der Waals surface area contributed by atoms with Crippen molar-refractivity contribution < 1.29 is 13.9 Å². The molecule has 3 fully saturated rings. The summed E-state index contributed by atoms with van der Waals surface area (Å²) in [5, 5.41) is 0.270. The van der Waals surface area contributed by atoms with Crippen molar-refractivity contribution >= 4 is 8.32 Å². The first kappa shape index (κ1) is 33.8. The Morgan fingerprint density at radius 3 is 2.30 bits per heavy atom. The van der Waals surface area contributed by atoms with Gasteiger partial charge in [0.05, 0.1) is 5.60 Å². The van der Waals surface area contributed by atoms with Crippen LogP contribution in [0.25, 0.3) is 0 Å². The minimum atomic E-state index is -1.74. The minimum absolute atomic E-state index is 0.229. The van der Waals surface area contributed by atoms with Crippen molar-refractivity contribution in [1.29, 1.82) is 0 Å². The van der Waals surface area contributed by atoms with Gasteiger partial charge in [0.2, 0.25) is 0 Å². The molecule has 3 rings (SSSR count). The Kier molecular flexibility index (Phi) is 11.3. The van der Waals surface area contributed by atoms with Crippen LogP contribution in [-0.4, -0.2) is 33.9 Å². The van der Waals surface area contributed by atoms with Crippen LogP contribution in [0.15, 0.2) is 35.5 Å². The molecule has 3 aliphatic carbocycles. The number of fused-ring (bicyclic) bond motifs is 1. The summed E-state index contributed by atoms with van der Waals surface area (Å²) >= 11 is 0. The van der Waals surface area contributed by atoms with Gasteiger partial charge in [-0.3, -0.25) is 0 Å². The number of methoxy groups -OCH3 is 1. The summed E-state index contributed by atoms with van der Waals surface area (Å²) < 4.78 is 18.0. The number of rotatable bonds is 10. The van der Waals surface area contributed by atoms with Gasteiger partial charge in [0.15, 0.2) is 8.32 Å². The molecule has 0 aromatic heterocycles. The minimum Gasteiger partial charge on any atom is -0.414 e. The molecule has 0 N–H and O–H groups in total. The molecule has 40 heavy (non-hydrogen) atoms. The van der Waals surface area contributed by atoms with Crippen LogP contribution in [-0.2, 0) is 13.9 Å². The average molecular weight is 573 g/mol. The van der Waals surface area contributed by atoms with Gasteiger partial charge in [-0.25, -0.2) is 0 Å². The quantitative estimate of drug-likeness (QED) is 0.148. The van der Waals surface area contributed by atoms with Gasteiger partial charge in [-0.1, -0.05) is 83.9 Å². The van der Waals surface area contributed by atoms with Gasteiger partial charge < -0.3 is 13.9 Å². The summed E-state index contributed by atoms with van der Waals surface area (Å²) in [7, 11) is -0.0461. The molecule has 3 saturated carbocycles. The highest BCUT2D eigenvalue weighted by atomic mass is 28.4. The lowest BCUT2D eigenvalue weighted by Crippen LogP contribution is -2.44. The van der Waals surface area contributed by atoms with Crippen LogP contribution >= 0.6 is 0 Å². The molecule has 0 unspecified atom stereocenters. The zero-order valence-electron chi connectivity index (χ0n) is 28.4. The number of hydrogen-bond acceptors (Lipinski definition) is 3. The first-order chi connectivity index (χ1) is 18.5. The molecule has 0 spiro atoms. The van der Waals surface area contributed by atoms with Crippen molar-refractivity contribution in [3.05, 3.63) is 35.5 Å². The van der Waals surface area contributed by atoms with Crippen LogP contribution in [0.5, 0.6) is 0 Å². The first-order valence-corrected chi connectivity index (χ1v) is 19.3. The van der Waals surface area contributed by atoms with E-state index in [2.05, 4.69) is 99.7 Å². The SMILES string of the molecule is COCOC(C)(C)[C@@H](C)/C=C/[C@@H](C)[C@H]1CC[C@H]2/C(=C/C=C3\C[C@H](O[Si](C)(C)C(C)(C)C)CC[C@H]3C)CCC[C@]12C. The summed E-state index contributed by atoms with van der Waals surface area (Å²) in [6.07, 6.45) is 20.6. The molecule has 0 bridgehead atoms. The molecule has 4 heteroatoms. The second-order valence-electron chi connectivity index (χ2n) is 15.9. The highest BCUT2D eigenvalue weighted by Crippen LogP contribution is 2.59. The summed E-state index contributed by atoms with van der Waals surface area (Å²) in [4.78, 5) is 0. The van der Waals surface area contributed by atoms with E-state index in [1.807, 2.05) is 0 Å². The molecule has 3 nitrogen and oxygen atoms in total. The predicted octanol–water partition coefficient (Wildman–Crippen LogP) is 10.5. The zero-order chi connectivity index (χ0) is 29.9. The maximum Gasteiger partial charge on any atom is 0.192 e. The molecule has 7 atom stereocenters. The normalized spacial score (nSPS) is 34.0. The molecular formula is C36H64O3Si. The lowest BCUT2D eigenvalue weighted by molar-refractivity contribution is -0.128. The fraction of sp³-hybridized carbons (Fsp3) is 0.833. The number of ether oxygens (including phenoxy) is 2. The third-order valence-corrected chi connectivity index (χ3v) is 16.4. The summed E-state index contributed by atoms with van der Waals surface area (Å²) in [6, 6.07) is 0. The summed E-state index contributed by atoms with van der Waals surface area (Å²) in [5.74, 6) is 3.07. The predicted molar refractivity (Wildman–Crippen MR) is 174 cm³/mol. The number of hydrogen-bond donors (Lipinski definition) is 0. The van der Waals surface area contributed by atoms with Gasteiger partial charge >= 0.3 is 0 Å². The Morgan fingerprint density at radius 2 is 1.65 bits per heavy atom. The maximum atomic E-state index is 6.88. The standard InChI is InChI=1S/C36H64O3Si/c1-26-16-20-31(39-40(11,12)34(4,5)6)24-30(26)19-18-29-14-13-23-36(9)32(21-22-33(29)36)27(2)15-17-28(3)35(7,8)38-25-37-10/h15,17-19,26-28,31-33H,13-14,16,20-25H2,1-12H3/b17-15+,29-18+,30-19+/t26-,27-,28+,31-,32-,33+,36-/m1/s1. The molecular weight excluding hydrogens is 508 g/mol. The monoisotopic (exact) mass is 572 g/mol. The van der Waals surface area contributed by atoms with E-state index in [1.165, 1.54) is 44.9 Å². The third kappa shape index (κ3) is 7.82. The van der Waals surface area contributed by atoms with Crippen molar-refractivity contribution in [2.75, 3.05) is 13.9 Å². The molecule has 0 radical (unpaired) electrons. The lowest BCUT2D eigenvalue weighted by Gasteiger charge is -2.44. The van der Waals surface area contributed by atoms with E-state index in [9.17, 15) is 0 Å². The van der Waals surface area contributed by atoms with Crippen LogP contribution in [0.4, 0.5) is 0 Å². The average Bonchev–Trinajstić information content (AvgIpc) is 3.22. The van der Waals surface area contributed by atoms with Gasteiger partial charge in [0, 0.05) is 19.1 Å². The van der Waals surface area contributed by atoms with E-state index in [-0.39, 0.29) is 10.6 Å². The van der Waals surface area contributed by atoms with E-state index in [0.29, 0.717) is 36.1 Å². The largest absolute Gasteiger partial charge is 0.414 e. The molecule has 0 aromatic carbocycles. The highest BCUT2D eigenvalue weighted by molar-refractivity contribution is 6.74. The molecule has 0 aromatic rings. The van der Waals surface area contributed by atoms with E-state index in [1.54, 1.807) is 18.3 Å². The third-order valence-electron chi connectivity index (χ3n) is 11.8. The second-order valence-corrected chi connectivity index (χ2v) is 20.7. The Labute approximate surface area is 249 Å². The van der Waals surface area contributed by atoms with Gasteiger partial charge in [-0.05, 0) is 112 Å². The van der Waals surface area contributed by atoms with Crippen LogP contribution in [0.2, 0.25) is 18.1 Å². The van der Waals surface area contributed by atoms with Crippen LogP contribution < -0.4 is 0 Å². The Balaban J connectivity index is 1.70. The highest BCUT2D eigenvalue weighted by Gasteiger charge is 2.50. The van der Waals surface area contributed by atoms with Crippen LogP contribution in [0, 0.1) is 35.0 Å². The summed E-state index contributed by atoms with van der Waals surface area (Å²) in [5.41, 5.74) is 3.52. The topological polar surface area (TPSA) is 27.7 Å². The molecule has 0 aliphatic heterocycles. The van der Waals surface area contributed by atoms with Gasteiger partial charge in [0.1, 0.15) is 6.79 Å². The van der Waals surface area contributed by atoms with Gasteiger partial charge in [0.25, 0.3) is 0 Å². The molecule has 0 heterocycles. The molecule has 230 valence electrons. The molecule has 0 amide bonds. The number of allylic oxidation sites excluding steroid dienone is 4. The Bertz CT molecular complexity index is 923. The van der Waals surface area contributed by atoms with E-state index < -0.39 is 8.32 Å². The molecule has 0 saturated heterocycles. The van der Waals surface area contributed by atoms with Crippen molar-refractivity contribution in [1.82, 2.24) is 0 Å². The Hall–Kier alpha value is -0.683. The van der Waals surface area contributed by atoms with Gasteiger partial charge in [-0.2, -0.15) is 0 Å².